The molecule has 0 heterocycles. The highest BCUT2D eigenvalue weighted by molar-refractivity contribution is 5.71. The quantitative estimate of drug-likeness (QED) is 0.0262. The van der Waals surface area contributed by atoms with Gasteiger partial charge in [-0.2, -0.15) is 0 Å². The first-order valence-corrected chi connectivity index (χ1v) is 30.2. The van der Waals surface area contributed by atoms with Crippen LogP contribution in [-0.2, 0) is 28.6 Å². The molecule has 0 aromatic carbocycles. The zero-order valence-electron chi connectivity index (χ0n) is 45.5. The molecule has 0 N–H and O–H groups in total. The Morgan fingerprint density at radius 1 is 0.284 bits per heavy atom. The van der Waals surface area contributed by atoms with E-state index in [-0.39, 0.29) is 31.1 Å². The molecule has 0 saturated carbocycles. The van der Waals surface area contributed by atoms with Crippen molar-refractivity contribution < 1.29 is 28.6 Å². The highest BCUT2D eigenvalue weighted by Gasteiger charge is 2.19. The summed E-state index contributed by atoms with van der Waals surface area (Å²) in [6.07, 6.45) is 65.1. The van der Waals surface area contributed by atoms with Crippen LogP contribution in [0.2, 0.25) is 0 Å². The molecule has 0 aromatic heterocycles. The van der Waals surface area contributed by atoms with Crippen molar-refractivity contribution in [1.82, 2.24) is 0 Å². The van der Waals surface area contributed by atoms with Crippen molar-refractivity contribution in [2.75, 3.05) is 13.2 Å². The van der Waals surface area contributed by atoms with Crippen molar-refractivity contribution in [3.05, 3.63) is 12.2 Å². The van der Waals surface area contributed by atoms with E-state index in [0.717, 1.165) is 64.2 Å². The summed E-state index contributed by atoms with van der Waals surface area (Å²) in [6.45, 7) is 6.65. The van der Waals surface area contributed by atoms with Gasteiger partial charge in [0.1, 0.15) is 13.2 Å². The van der Waals surface area contributed by atoms with Gasteiger partial charge in [-0.05, 0) is 38.5 Å². The van der Waals surface area contributed by atoms with Gasteiger partial charge >= 0.3 is 17.9 Å². The van der Waals surface area contributed by atoms with Gasteiger partial charge in [0.05, 0.1) is 0 Å². The van der Waals surface area contributed by atoms with Gasteiger partial charge in [0, 0.05) is 19.3 Å². The van der Waals surface area contributed by atoms with E-state index in [1.165, 1.54) is 238 Å². The smallest absolute Gasteiger partial charge is 0.306 e. The molecule has 67 heavy (non-hydrogen) atoms. The fourth-order valence-electron chi connectivity index (χ4n) is 9.19. The van der Waals surface area contributed by atoms with Crippen molar-refractivity contribution in [2.45, 2.75) is 348 Å². The van der Waals surface area contributed by atoms with Crippen molar-refractivity contribution in [3.8, 4) is 0 Å². The first kappa shape index (κ1) is 65.1. The highest BCUT2D eigenvalue weighted by atomic mass is 16.6. The minimum atomic E-state index is -0.767. The predicted molar refractivity (Wildman–Crippen MR) is 289 cm³/mol. The second-order valence-corrected chi connectivity index (χ2v) is 20.6. The Hall–Kier alpha value is -1.85. The fourth-order valence-corrected chi connectivity index (χ4v) is 9.19. The van der Waals surface area contributed by atoms with Gasteiger partial charge < -0.3 is 14.2 Å². The standard InChI is InChI=1S/C61H116O6/c1-4-7-10-13-16-19-22-24-26-27-28-29-30-31-32-33-34-35-37-39-42-45-48-51-54-60(63)66-57-58(56-65-59(62)53-50-47-44-41-38-21-18-15-12-9-6-3)67-61(64)55-52-49-46-43-40-36-25-23-20-17-14-11-8-5-2/h15,18,58H,4-14,16-17,19-57H2,1-3H3/b18-15-. The van der Waals surface area contributed by atoms with E-state index in [4.69, 9.17) is 14.2 Å². The summed E-state index contributed by atoms with van der Waals surface area (Å²) < 4.78 is 16.9. The Labute approximate surface area is 418 Å². The Bertz CT molecular complexity index is 1040. The minimum Gasteiger partial charge on any atom is -0.462 e. The van der Waals surface area contributed by atoms with Crippen molar-refractivity contribution in [1.29, 1.82) is 0 Å². The van der Waals surface area contributed by atoms with Gasteiger partial charge in [-0.3, -0.25) is 14.4 Å². The summed E-state index contributed by atoms with van der Waals surface area (Å²) in [5.41, 5.74) is 0. The summed E-state index contributed by atoms with van der Waals surface area (Å²) in [6, 6.07) is 0. The summed E-state index contributed by atoms with van der Waals surface area (Å²) in [5.74, 6) is -0.853. The van der Waals surface area contributed by atoms with E-state index in [0.29, 0.717) is 19.3 Å². The Kier molecular flexibility index (Phi) is 55.2. The van der Waals surface area contributed by atoms with E-state index >= 15 is 0 Å². The van der Waals surface area contributed by atoms with Gasteiger partial charge in [-0.25, -0.2) is 0 Å². The number of ether oxygens (including phenoxy) is 3. The molecule has 0 saturated heterocycles. The van der Waals surface area contributed by atoms with E-state index in [1.807, 2.05) is 0 Å². The lowest BCUT2D eigenvalue weighted by molar-refractivity contribution is -0.167. The van der Waals surface area contributed by atoms with Gasteiger partial charge in [0.15, 0.2) is 6.10 Å². The monoisotopic (exact) mass is 945 g/mol. The molecule has 6 nitrogen and oxygen atoms in total. The number of unbranched alkanes of at least 4 members (excludes halogenated alkanes) is 43. The molecule has 0 bridgehead atoms. The van der Waals surface area contributed by atoms with Crippen LogP contribution in [0.1, 0.15) is 342 Å². The van der Waals surface area contributed by atoms with Crippen LogP contribution in [0.3, 0.4) is 0 Å². The first-order valence-electron chi connectivity index (χ1n) is 30.2. The Morgan fingerprint density at radius 2 is 0.507 bits per heavy atom. The predicted octanol–water partition coefficient (Wildman–Crippen LogP) is 20.1. The summed E-state index contributed by atoms with van der Waals surface area (Å²) in [7, 11) is 0. The second-order valence-electron chi connectivity index (χ2n) is 20.6. The average Bonchev–Trinajstić information content (AvgIpc) is 3.33. The Balaban J connectivity index is 4.16. The second kappa shape index (κ2) is 56.7. The van der Waals surface area contributed by atoms with Crippen molar-refractivity contribution in [3.63, 3.8) is 0 Å². The lowest BCUT2D eigenvalue weighted by Gasteiger charge is -2.18. The lowest BCUT2D eigenvalue weighted by Crippen LogP contribution is -2.30. The fraction of sp³-hybridized carbons (Fsp3) is 0.918. The zero-order valence-corrected chi connectivity index (χ0v) is 45.5. The minimum absolute atomic E-state index is 0.0666. The summed E-state index contributed by atoms with van der Waals surface area (Å²) >= 11 is 0. The van der Waals surface area contributed by atoms with Crippen LogP contribution >= 0.6 is 0 Å². The van der Waals surface area contributed by atoms with Gasteiger partial charge in [0.2, 0.25) is 0 Å². The maximum Gasteiger partial charge on any atom is 0.306 e. The SMILES string of the molecule is CCCC/C=C\CCCCCCCC(=O)OCC(COC(=O)CCCCCCCCCCCCCCCCCCCCCCCCCC)OC(=O)CCCCCCCCCCCCCCCC. The van der Waals surface area contributed by atoms with Gasteiger partial charge in [-0.1, -0.05) is 296 Å². The normalized spacial score (nSPS) is 12.0. The van der Waals surface area contributed by atoms with Crippen LogP contribution in [0.25, 0.3) is 0 Å². The number of carbonyl (C=O) groups excluding carboxylic acids is 3. The molecule has 0 aliphatic carbocycles. The van der Waals surface area contributed by atoms with Crippen LogP contribution in [0.4, 0.5) is 0 Å². The van der Waals surface area contributed by atoms with E-state index < -0.39 is 6.10 Å². The number of esters is 3. The third-order valence-corrected chi connectivity index (χ3v) is 13.8. The lowest BCUT2D eigenvalue weighted by atomic mass is 10.0. The summed E-state index contributed by atoms with van der Waals surface area (Å²) in [4.78, 5) is 38.1. The molecular weight excluding hydrogens is 829 g/mol. The summed E-state index contributed by atoms with van der Waals surface area (Å²) in [5, 5.41) is 0. The van der Waals surface area contributed by atoms with Gasteiger partial charge in [0.25, 0.3) is 0 Å². The zero-order chi connectivity index (χ0) is 48.6. The van der Waals surface area contributed by atoms with E-state index in [1.54, 1.807) is 0 Å². The molecule has 396 valence electrons. The molecule has 1 atom stereocenters. The van der Waals surface area contributed by atoms with Crippen molar-refractivity contribution in [2.24, 2.45) is 0 Å². The van der Waals surface area contributed by atoms with Gasteiger partial charge in [-0.15, -0.1) is 0 Å². The molecular formula is C61H116O6. The molecule has 6 heteroatoms. The topological polar surface area (TPSA) is 78.9 Å². The molecule has 1 unspecified atom stereocenters. The number of rotatable bonds is 56. The number of hydrogen-bond acceptors (Lipinski definition) is 6. The molecule has 0 spiro atoms. The average molecular weight is 946 g/mol. The number of hydrogen-bond donors (Lipinski definition) is 0. The maximum atomic E-state index is 12.8. The molecule has 0 fully saturated rings. The molecule has 0 aliphatic rings. The van der Waals surface area contributed by atoms with Crippen LogP contribution in [0, 0.1) is 0 Å². The van der Waals surface area contributed by atoms with E-state index in [9.17, 15) is 14.4 Å². The third kappa shape index (κ3) is 55.0. The molecule has 0 aliphatic heterocycles. The molecule has 0 rings (SSSR count). The van der Waals surface area contributed by atoms with Crippen molar-refractivity contribution >= 4 is 17.9 Å². The first-order chi connectivity index (χ1) is 33.0. The largest absolute Gasteiger partial charge is 0.462 e. The highest BCUT2D eigenvalue weighted by Crippen LogP contribution is 2.18. The van der Waals surface area contributed by atoms with Crippen LogP contribution < -0.4 is 0 Å². The Morgan fingerprint density at radius 3 is 0.791 bits per heavy atom. The van der Waals surface area contributed by atoms with E-state index in [2.05, 4.69) is 32.9 Å². The van der Waals surface area contributed by atoms with Crippen LogP contribution in [0.5, 0.6) is 0 Å². The maximum absolute atomic E-state index is 12.8. The number of carbonyl (C=O) groups is 3. The third-order valence-electron chi connectivity index (χ3n) is 13.8. The molecule has 0 aromatic rings. The molecule has 0 radical (unpaired) electrons. The van der Waals surface area contributed by atoms with Crippen LogP contribution in [0.15, 0.2) is 12.2 Å². The number of allylic oxidation sites excluding steroid dienone is 2. The molecule has 0 amide bonds. The van der Waals surface area contributed by atoms with Crippen LogP contribution in [-0.4, -0.2) is 37.2 Å².